The minimum absolute atomic E-state index is 0.180. The Morgan fingerprint density at radius 1 is 1.08 bits per heavy atom. The van der Waals surface area contributed by atoms with Crippen molar-refractivity contribution >= 4 is 0 Å². The molecular weight excluding hydrogens is 312 g/mol. The van der Waals surface area contributed by atoms with E-state index in [1.54, 1.807) is 0 Å². The monoisotopic (exact) mass is 340 g/mol. The number of fused-ring (bicyclic) bond motifs is 1. The molecule has 3 rings (SSSR count). The Labute approximate surface area is 150 Å². The molecular formula is C22H28O3. The van der Waals surface area contributed by atoms with Gasteiger partial charge in [0.1, 0.15) is 11.5 Å². The van der Waals surface area contributed by atoms with Gasteiger partial charge in [-0.25, -0.2) is 0 Å². The molecule has 0 saturated heterocycles. The first-order valence-electron chi connectivity index (χ1n) is 9.32. The van der Waals surface area contributed by atoms with E-state index in [1.165, 1.54) is 11.1 Å². The van der Waals surface area contributed by atoms with Gasteiger partial charge in [-0.2, -0.15) is 0 Å². The summed E-state index contributed by atoms with van der Waals surface area (Å²) in [5.41, 5.74) is 2.52. The van der Waals surface area contributed by atoms with Crippen LogP contribution in [0.25, 0.3) is 0 Å². The second kappa shape index (κ2) is 8.39. The van der Waals surface area contributed by atoms with E-state index in [0.29, 0.717) is 19.1 Å². The van der Waals surface area contributed by atoms with E-state index < -0.39 is 0 Å². The second-order valence-electron chi connectivity index (χ2n) is 6.60. The summed E-state index contributed by atoms with van der Waals surface area (Å²) in [6.07, 6.45) is 1.73. The fourth-order valence-electron chi connectivity index (χ4n) is 3.29. The predicted molar refractivity (Wildman–Crippen MR) is 100 cm³/mol. The Hall–Kier alpha value is -2.00. The van der Waals surface area contributed by atoms with Crippen LogP contribution in [0.2, 0.25) is 0 Å². The van der Waals surface area contributed by atoms with Gasteiger partial charge >= 0.3 is 0 Å². The summed E-state index contributed by atoms with van der Waals surface area (Å²) in [5.74, 6) is 2.55. The lowest BCUT2D eigenvalue weighted by atomic mass is 9.92. The van der Waals surface area contributed by atoms with Gasteiger partial charge in [0.25, 0.3) is 0 Å². The van der Waals surface area contributed by atoms with Gasteiger partial charge in [-0.1, -0.05) is 44.2 Å². The number of rotatable bonds is 7. The molecule has 1 heterocycles. The predicted octanol–water partition coefficient (Wildman–Crippen LogP) is 5.51. The van der Waals surface area contributed by atoms with Gasteiger partial charge in [0, 0.05) is 12.2 Å². The lowest BCUT2D eigenvalue weighted by Crippen LogP contribution is -2.32. The van der Waals surface area contributed by atoms with E-state index in [4.69, 9.17) is 14.2 Å². The molecule has 134 valence electrons. The molecule has 0 N–H and O–H groups in total. The third kappa shape index (κ3) is 4.16. The molecule has 0 radical (unpaired) electrons. The maximum Gasteiger partial charge on any atom is 0.207 e. The summed E-state index contributed by atoms with van der Waals surface area (Å²) >= 11 is 0. The Balaban J connectivity index is 1.78. The molecule has 1 aliphatic heterocycles. The minimum atomic E-state index is -0.301. The van der Waals surface area contributed by atoms with Crippen molar-refractivity contribution < 1.29 is 14.2 Å². The minimum Gasteiger partial charge on any atom is -0.493 e. The van der Waals surface area contributed by atoms with E-state index in [-0.39, 0.29) is 12.2 Å². The lowest BCUT2D eigenvalue weighted by molar-refractivity contribution is -0.0976. The van der Waals surface area contributed by atoms with Crippen LogP contribution >= 0.6 is 0 Å². The second-order valence-corrected chi connectivity index (χ2v) is 6.60. The van der Waals surface area contributed by atoms with Crippen molar-refractivity contribution in [1.29, 1.82) is 0 Å². The Kier molecular flexibility index (Phi) is 5.98. The molecule has 2 aromatic rings. The van der Waals surface area contributed by atoms with Crippen LogP contribution in [0.15, 0.2) is 48.5 Å². The smallest absolute Gasteiger partial charge is 0.207 e. The Morgan fingerprint density at radius 3 is 2.56 bits per heavy atom. The highest BCUT2D eigenvalue weighted by Gasteiger charge is 2.31. The molecule has 0 saturated carbocycles. The van der Waals surface area contributed by atoms with Crippen molar-refractivity contribution in [3.8, 4) is 11.5 Å². The van der Waals surface area contributed by atoms with Crippen LogP contribution in [0.5, 0.6) is 11.5 Å². The summed E-state index contributed by atoms with van der Waals surface area (Å²) in [7, 11) is 0. The van der Waals surface area contributed by atoms with E-state index in [2.05, 4.69) is 44.2 Å². The van der Waals surface area contributed by atoms with Gasteiger partial charge in [-0.3, -0.25) is 0 Å². The fraction of sp³-hybridized carbons (Fsp3) is 0.455. The van der Waals surface area contributed by atoms with Crippen LogP contribution < -0.4 is 9.47 Å². The summed E-state index contributed by atoms with van der Waals surface area (Å²) in [6, 6.07) is 16.6. The van der Waals surface area contributed by atoms with Gasteiger partial charge in [0.2, 0.25) is 6.29 Å². The fourth-order valence-corrected chi connectivity index (χ4v) is 3.29. The van der Waals surface area contributed by atoms with Gasteiger partial charge in [0.15, 0.2) is 0 Å². The lowest BCUT2D eigenvalue weighted by Gasteiger charge is -2.32. The number of ether oxygens (including phenoxy) is 3. The van der Waals surface area contributed by atoms with Crippen molar-refractivity contribution in [1.82, 2.24) is 0 Å². The Morgan fingerprint density at radius 2 is 1.84 bits per heavy atom. The molecule has 3 unspecified atom stereocenters. The molecule has 1 aliphatic rings. The van der Waals surface area contributed by atoms with Crippen LogP contribution in [-0.2, 0) is 4.74 Å². The molecule has 0 aliphatic carbocycles. The zero-order valence-corrected chi connectivity index (χ0v) is 15.4. The van der Waals surface area contributed by atoms with Crippen LogP contribution in [0, 0.1) is 0 Å². The zero-order valence-electron chi connectivity index (χ0n) is 15.4. The first-order chi connectivity index (χ1) is 12.2. The molecule has 0 amide bonds. The first kappa shape index (κ1) is 17.8. The van der Waals surface area contributed by atoms with Crippen LogP contribution in [0.4, 0.5) is 0 Å². The van der Waals surface area contributed by atoms with Crippen LogP contribution in [0.1, 0.15) is 56.6 Å². The van der Waals surface area contributed by atoms with Crippen molar-refractivity contribution in [3.63, 3.8) is 0 Å². The average molecular weight is 340 g/mol. The quantitative estimate of drug-likeness (QED) is 0.622. The van der Waals surface area contributed by atoms with E-state index in [0.717, 1.165) is 24.3 Å². The molecule has 0 aromatic heterocycles. The topological polar surface area (TPSA) is 27.7 Å². The van der Waals surface area contributed by atoms with E-state index in [9.17, 15) is 0 Å². The maximum atomic E-state index is 6.24. The van der Waals surface area contributed by atoms with Gasteiger partial charge in [0.05, 0.1) is 12.5 Å². The largest absolute Gasteiger partial charge is 0.493 e. The summed E-state index contributed by atoms with van der Waals surface area (Å²) in [5, 5.41) is 0. The first-order valence-corrected chi connectivity index (χ1v) is 9.32. The standard InChI is InChI=1S/C22H28O3/c1-4-16(3)17-10-12-18(13-11-17)25-22(23-5-2)20-14-15-24-21-9-7-6-8-19(20)21/h6-13,16,20,22H,4-5,14-15H2,1-3H3. The molecule has 0 bridgehead atoms. The molecule has 3 atom stereocenters. The van der Waals surface area contributed by atoms with Gasteiger partial charge in [-0.15, -0.1) is 0 Å². The third-order valence-electron chi connectivity index (χ3n) is 4.98. The van der Waals surface area contributed by atoms with E-state index in [1.807, 2.05) is 25.1 Å². The number of para-hydroxylation sites is 1. The maximum absolute atomic E-state index is 6.24. The van der Waals surface area contributed by atoms with E-state index >= 15 is 0 Å². The van der Waals surface area contributed by atoms with Crippen molar-refractivity contribution in [2.75, 3.05) is 13.2 Å². The van der Waals surface area contributed by atoms with Gasteiger partial charge in [-0.05, 0) is 49.4 Å². The third-order valence-corrected chi connectivity index (χ3v) is 4.98. The summed E-state index contributed by atoms with van der Waals surface area (Å²) < 4.78 is 18.0. The molecule has 3 heteroatoms. The molecule has 0 spiro atoms. The van der Waals surface area contributed by atoms with Gasteiger partial charge < -0.3 is 14.2 Å². The summed E-state index contributed by atoms with van der Waals surface area (Å²) in [6.45, 7) is 7.78. The normalized spacial score (nSPS) is 18.8. The number of hydrogen-bond acceptors (Lipinski definition) is 3. The average Bonchev–Trinajstić information content (AvgIpc) is 2.67. The summed E-state index contributed by atoms with van der Waals surface area (Å²) in [4.78, 5) is 0. The number of hydrogen-bond donors (Lipinski definition) is 0. The zero-order chi connectivity index (χ0) is 17.6. The molecule has 3 nitrogen and oxygen atoms in total. The highest BCUT2D eigenvalue weighted by molar-refractivity contribution is 5.38. The highest BCUT2D eigenvalue weighted by atomic mass is 16.7. The highest BCUT2D eigenvalue weighted by Crippen LogP contribution is 2.37. The number of benzene rings is 2. The van der Waals surface area contributed by atoms with Crippen LogP contribution in [-0.4, -0.2) is 19.5 Å². The molecule has 0 fully saturated rings. The SMILES string of the molecule is CCOC(Oc1ccc(C(C)CC)cc1)C1CCOc2ccccc21. The Bertz CT molecular complexity index is 665. The van der Waals surface area contributed by atoms with Crippen molar-refractivity contribution in [2.24, 2.45) is 0 Å². The van der Waals surface area contributed by atoms with Crippen molar-refractivity contribution in [2.45, 2.75) is 51.7 Å². The van der Waals surface area contributed by atoms with Crippen LogP contribution in [0.3, 0.4) is 0 Å². The van der Waals surface area contributed by atoms with Crippen molar-refractivity contribution in [3.05, 3.63) is 59.7 Å². The molecule has 25 heavy (non-hydrogen) atoms. The molecule has 2 aromatic carbocycles.